The Morgan fingerprint density at radius 1 is 1.16 bits per heavy atom. The van der Waals surface area contributed by atoms with E-state index in [1.54, 1.807) is 24.0 Å². The van der Waals surface area contributed by atoms with Gasteiger partial charge in [-0.3, -0.25) is 13.9 Å². The Hall–Kier alpha value is -2.90. The van der Waals surface area contributed by atoms with E-state index in [1.165, 1.54) is 17.7 Å². The van der Waals surface area contributed by atoms with Crippen LogP contribution in [0.1, 0.15) is 5.56 Å². The van der Waals surface area contributed by atoms with Crippen LogP contribution in [0.3, 0.4) is 0 Å². The molecule has 1 aromatic carbocycles. The van der Waals surface area contributed by atoms with Crippen molar-refractivity contribution in [2.24, 2.45) is 14.1 Å². The van der Waals surface area contributed by atoms with E-state index in [0.717, 1.165) is 23.1 Å². The summed E-state index contributed by atoms with van der Waals surface area (Å²) in [6, 6.07) is 5.14. The van der Waals surface area contributed by atoms with E-state index in [1.807, 2.05) is 11.0 Å². The van der Waals surface area contributed by atoms with E-state index in [2.05, 4.69) is 4.98 Å². The smallest absolute Gasteiger partial charge is 0.332 e. The molecule has 0 saturated heterocycles. The predicted octanol–water partition coefficient (Wildman–Crippen LogP) is 0.635. The Bertz CT molecular complexity index is 1090. The van der Waals surface area contributed by atoms with E-state index >= 15 is 0 Å². The van der Waals surface area contributed by atoms with Gasteiger partial charge in [-0.05, 0) is 18.1 Å². The quantitative estimate of drug-likeness (QED) is 0.700. The Kier molecular flexibility index (Phi) is 3.48. The minimum Gasteiger partial charge on any atom is -0.367 e. The first kappa shape index (κ1) is 15.6. The fourth-order valence-electron chi connectivity index (χ4n) is 3.50. The normalized spacial score (nSPS) is 13.6. The SMILES string of the molecule is Cn1c(=O)c2c(ncn2CCN2CCc3cccc(F)c32)n(C)c1=O. The molecule has 1 aliphatic heterocycles. The van der Waals surface area contributed by atoms with Gasteiger partial charge in [0.15, 0.2) is 11.2 Å². The monoisotopic (exact) mass is 343 g/mol. The zero-order valence-electron chi connectivity index (χ0n) is 14.1. The van der Waals surface area contributed by atoms with Crippen molar-refractivity contribution in [2.45, 2.75) is 13.0 Å². The topological polar surface area (TPSA) is 65.1 Å². The molecule has 25 heavy (non-hydrogen) atoms. The van der Waals surface area contributed by atoms with Crippen molar-refractivity contribution in [3.05, 3.63) is 56.7 Å². The number of benzene rings is 1. The third kappa shape index (κ3) is 2.28. The second-order valence-corrected chi connectivity index (χ2v) is 6.30. The summed E-state index contributed by atoms with van der Waals surface area (Å²) >= 11 is 0. The maximum atomic E-state index is 14.1. The number of hydrogen-bond acceptors (Lipinski definition) is 4. The number of rotatable bonds is 3. The molecule has 0 aliphatic carbocycles. The number of hydrogen-bond donors (Lipinski definition) is 0. The van der Waals surface area contributed by atoms with Gasteiger partial charge in [0.05, 0.1) is 12.0 Å². The van der Waals surface area contributed by atoms with Gasteiger partial charge in [0.25, 0.3) is 5.56 Å². The molecule has 0 fully saturated rings. The van der Waals surface area contributed by atoms with E-state index in [9.17, 15) is 14.0 Å². The van der Waals surface area contributed by atoms with Crippen molar-refractivity contribution in [3.63, 3.8) is 0 Å². The van der Waals surface area contributed by atoms with Crippen LogP contribution in [0.2, 0.25) is 0 Å². The third-order valence-corrected chi connectivity index (χ3v) is 4.87. The lowest BCUT2D eigenvalue weighted by atomic mass is 10.1. The van der Waals surface area contributed by atoms with Gasteiger partial charge in [0.1, 0.15) is 5.82 Å². The van der Waals surface area contributed by atoms with Crippen molar-refractivity contribution in [2.75, 3.05) is 18.0 Å². The zero-order valence-corrected chi connectivity index (χ0v) is 14.1. The highest BCUT2D eigenvalue weighted by Crippen LogP contribution is 2.30. The number of aryl methyl sites for hydroxylation is 1. The van der Waals surface area contributed by atoms with Gasteiger partial charge in [0, 0.05) is 33.7 Å². The van der Waals surface area contributed by atoms with Crippen molar-refractivity contribution < 1.29 is 4.39 Å². The van der Waals surface area contributed by atoms with Crippen LogP contribution in [0.25, 0.3) is 11.2 Å². The van der Waals surface area contributed by atoms with E-state index in [-0.39, 0.29) is 11.4 Å². The van der Waals surface area contributed by atoms with Gasteiger partial charge < -0.3 is 9.47 Å². The Balaban J connectivity index is 1.68. The highest BCUT2D eigenvalue weighted by atomic mass is 19.1. The number of aromatic nitrogens is 4. The average molecular weight is 343 g/mol. The highest BCUT2D eigenvalue weighted by molar-refractivity contribution is 5.70. The molecule has 2 aromatic heterocycles. The molecular formula is C17H18FN5O2. The summed E-state index contributed by atoms with van der Waals surface area (Å²) in [7, 11) is 3.04. The standard InChI is InChI=1S/C17H18FN5O2/c1-20-15-14(16(24)21(2)17(20)25)23(10-19-15)9-8-22-7-6-11-4-3-5-12(18)13(11)22/h3-5,10H,6-9H2,1-2H3. The van der Waals surface area contributed by atoms with Crippen LogP contribution in [-0.2, 0) is 27.1 Å². The first-order valence-electron chi connectivity index (χ1n) is 8.12. The molecule has 130 valence electrons. The van der Waals surface area contributed by atoms with Gasteiger partial charge >= 0.3 is 5.69 Å². The summed E-state index contributed by atoms with van der Waals surface area (Å²) in [6.07, 6.45) is 2.37. The van der Waals surface area contributed by atoms with E-state index in [4.69, 9.17) is 0 Å². The molecular weight excluding hydrogens is 325 g/mol. The predicted molar refractivity (Wildman–Crippen MR) is 92.5 cm³/mol. The molecule has 0 radical (unpaired) electrons. The summed E-state index contributed by atoms with van der Waals surface area (Å²) < 4.78 is 18.3. The second kappa shape index (κ2) is 5.58. The largest absolute Gasteiger partial charge is 0.367 e. The molecule has 0 spiro atoms. The molecule has 0 amide bonds. The lowest BCUT2D eigenvalue weighted by Crippen LogP contribution is -2.37. The highest BCUT2D eigenvalue weighted by Gasteiger charge is 2.23. The van der Waals surface area contributed by atoms with Crippen molar-refractivity contribution in [1.29, 1.82) is 0 Å². The number of anilines is 1. The lowest BCUT2D eigenvalue weighted by molar-refractivity contribution is 0.613. The van der Waals surface area contributed by atoms with E-state index in [0.29, 0.717) is 29.9 Å². The van der Waals surface area contributed by atoms with Crippen LogP contribution in [0, 0.1) is 5.82 Å². The summed E-state index contributed by atoms with van der Waals surface area (Å²) in [6.45, 7) is 1.79. The molecule has 0 atom stereocenters. The van der Waals surface area contributed by atoms with Crippen molar-refractivity contribution in [1.82, 2.24) is 18.7 Å². The number of para-hydroxylation sites is 1. The van der Waals surface area contributed by atoms with Crippen molar-refractivity contribution in [3.8, 4) is 0 Å². The summed E-state index contributed by atoms with van der Waals surface area (Å²) in [4.78, 5) is 30.6. The molecule has 3 aromatic rings. The molecule has 0 bridgehead atoms. The molecule has 0 N–H and O–H groups in total. The molecule has 0 saturated carbocycles. The first-order chi connectivity index (χ1) is 12.0. The third-order valence-electron chi connectivity index (χ3n) is 4.87. The van der Waals surface area contributed by atoms with Crippen LogP contribution < -0.4 is 16.1 Å². The lowest BCUT2D eigenvalue weighted by Gasteiger charge is -2.20. The van der Waals surface area contributed by atoms with E-state index < -0.39 is 5.69 Å². The van der Waals surface area contributed by atoms with Gasteiger partial charge in [0.2, 0.25) is 0 Å². The second-order valence-electron chi connectivity index (χ2n) is 6.30. The molecule has 0 unspecified atom stereocenters. The Morgan fingerprint density at radius 2 is 1.96 bits per heavy atom. The number of halogens is 1. The minimum absolute atomic E-state index is 0.219. The van der Waals surface area contributed by atoms with Gasteiger partial charge in [-0.2, -0.15) is 0 Å². The Labute approximate surface area is 142 Å². The van der Waals surface area contributed by atoms with Gasteiger partial charge in [-0.25, -0.2) is 14.2 Å². The first-order valence-corrected chi connectivity index (χ1v) is 8.12. The molecule has 7 nitrogen and oxygen atoms in total. The zero-order chi connectivity index (χ0) is 17.7. The van der Waals surface area contributed by atoms with Gasteiger partial charge in [-0.1, -0.05) is 12.1 Å². The summed E-state index contributed by atoms with van der Waals surface area (Å²) in [5.74, 6) is -0.219. The summed E-state index contributed by atoms with van der Waals surface area (Å²) in [5.41, 5.74) is 1.63. The fourth-order valence-corrected chi connectivity index (χ4v) is 3.50. The fraction of sp³-hybridized carbons (Fsp3) is 0.353. The molecule has 4 rings (SSSR count). The molecule has 8 heteroatoms. The minimum atomic E-state index is -0.404. The average Bonchev–Trinajstić information content (AvgIpc) is 3.21. The van der Waals surface area contributed by atoms with Crippen molar-refractivity contribution >= 4 is 16.9 Å². The van der Waals surface area contributed by atoms with Crippen LogP contribution in [0.4, 0.5) is 10.1 Å². The Morgan fingerprint density at radius 3 is 2.76 bits per heavy atom. The van der Waals surface area contributed by atoms with Gasteiger partial charge in [-0.15, -0.1) is 0 Å². The van der Waals surface area contributed by atoms with Crippen LogP contribution in [0.15, 0.2) is 34.1 Å². The number of fused-ring (bicyclic) bond motifs is 2. The molecule has 3 heterocycles. The molecule has 1 aliphatic rings. The number of imidazole rings is 1. The maximum absolute atomic E-state index is 14.1. The van der Waals surface area contributed by atoms with Crippen LogP contribution >= 0.6 is 0 Å². The van der Waals surface area contributed by atoms with Crippen LogP contribution in [0.5, 0.6) is 0 Å². The summed E-state index contributed by atoms with van der Waals surface area (Å²) in [5, 5.41) is 0. The number of nitrogens with zero attached hydrogens (tertiary/aromatic N) is 5. The van der Waals surface area contributed by atoms with Crippen LogP contribution in [-0.4, -0.2) is 31.8 Å². The maximum Gasteiger partial charge on any atom is 0.332 e.